The van der Waals surface area contributed by atoms with E-state index in [4.69, 9.17) is 0 Å². The molecule has 0 radical (unpaired) electrons. The molecule has 0 saturated carbocycles. The molecular weight excluding hydrogens is 394 g/mol. The maximum atomic E-state index is 13.0. The number of piperidine rings is 1. The fourth-order valence-corrected chi connectivity index (χ4v) is 5.36. The zero-order valence-corrected chi connectivity index (χ0v) is 18.9. The van der Waals surface area contributed by atoms with Crippen LogP contribution in [0.4, 0.5) is 0 Å². The second-order valence-corrected chi connectivity index (χ2v) is 10.0. The first-order valence-corrected chi connectivity index (χ1v) is 11.6. The zero-order chi connectivity index (χ0) is 21.3. The van der Waals surface area contributed by atoms with Gasteiger partial charge < -0.3 is 10.0 Å². The third-order valence-corrected chi connectivity index (χ3v) is 7.77. The van der Waals surface area contributed by atoms with Crippen LogP contribution in [-0.2, 0) is 6.54 Å². The Bertz CT molecular complexity index is 1070. The van der Waals surface area contributed by atoms with E-state index < -0.39 is 5.60 Å². The van der Waals surface area contributed by atoms with E-state index >= 15 is 0 Å². The van der Waals surface area contributed by atoms with Crippen molar-refractivity contribution < 1.29 is 5.11 Å². The minimum atomic E-state index is -0.848. The molecule has 1 fully saturated rings. The first-order valence-electron chi connectivity index (χ1n) is 10.8. The number of hydrogen-bond acceptors (Lipinski definition) is 5. The monoisotopic (exact) mass is 425 g/mol. The number of aliphatic hydroxyl groups is 1. The number of hydrogen-bond donors (Lipinski definition) is 1. The van der Waals surface area contributed by atoms with Crippen molar-refractivity contribution in [1.82, 2.24) is 14.5 Å². The summed E-state index contributed by atoms with van der Waals surface area (Å²) in [7, 11) is 0. The largest absolute Gasteiger partial charge is 0.388 e. The molecule has 3 heterocycles. The Kier molecular flexibility index (Phi) is 6.09. The average Bonchev–Trinajstić information content (AvgIpc) is 3.04. The molecule has 0 amide bonds. The molecule has 6 heteroatoms. The van der Waals surface area contributed by atoms with Crippen LogP contribution >= 0.6 is 11.3 Å². The third-order valence-electron chi connectivity index (χ3n) is 6.65. The summed E-state index contributed by atoms with van der Waals surface area (Å²) >= 11 is 1.56. The molecule has 1 aliphatic heterocycles. The van der Waals surface area contributed by atoms with Gasteiger partial charge in [0.15, 0.2) is 0 Å². The van der Waals surface area contributed by atoms with E-state index in [1.54, 1.807) is 22.2 Å². The van der Waals surface area contributed by atoms with Crippen LogP contribution in [0.25, 0.3) is 10.2 Å². The number of thiophene rings is 1. The SMILES string of the molecule is Cc1sc2ncn(CC3(O)CCN(CCC(C)c4ccccc4)CC3)c(=O)c2c1C. The van der Waals surface area contributed by atoms with Crippen LogP contribution < -0.4 is 5.56 Å². The number of fused-ring (bicyclic) bond motifs is 1. The van der Waals surface area contributed by atoms with E-state index in [2.05, 4.69) is 47.1 Å². The predicted octanol–water partition coefficient (Wildman–Crippen LogP) is 4.10. The lowest BCUT2D eigenvalue weighted by molar-refractivity contribution is -0.0351. The van der Waals surface area contributed by atoms with Crippen LogP contribution in [-0.4, -0.2) is 44.8 Å². The van der Waals surface area contributed by atoms with Crippen molar-refractivity contribution >= 4 is 21.6 Å². The average molecular weight is 426 g/mol. The maximum absolute atomic E-state index is 13.0. The number of aromatic nitrogens is 2. The van der Waals surface area contributed by atoms with E-state index in [1.807, 2.05) is 13.8 Å². The molecule has 0 aliphatic carbocycles. The van der Waals surface area contributed by atoms with Crippen molar-refractivity contribution in [2.75, 3.05) is 19.6 Å². The minimum Gasteiger partial charge on any atom is -0.388 e. The lowest BCUT2D eigenvalue weighted by Crippen LogP contribution is -2.48. The summed E-state index contributed by atoms with van der Waals surface area (Å²) in [6.07, 6.45) is 4.07. The molecular formula is C24H31N3O2S. The molecule has 2 aromatic heterocycles. The van der Waals surface area contributed by atoms with E-state index in [0.717, 1.165) is 41.3 Å². The van der Waals surface area contributed by atoms with Crippen LogP contribution in [0.3, 0.4) is 0 Å². The molecule has 0 spiro atoms. The fourth-order valence-electron chi connectivity index (χ4n) is 4.38. The number of likely N-dealkylation sites (tertiary alicyclic amines) is 1. The van der Waals surface area contributed by atoms with Gasteiger partial charge in [0, 0.05) is 18.0 Å². The van der Waals surface area contributed by atoms with E-state index in [1.165, 1.54) is 5.56 Å². The van der Waals surface area contributed by atoms with Crippen molar-refractivity contribution in [3.63, 3.8) is 0 Å². The van der Waals surface area contributed by atoms with Gasteiger partial charge in [-0.2, -0.15) is 0 Å². The van der Waals surface area contributed by atoms with E-state index in [0.29, 0.717) is 30.7 Å². The van der Waals surface area contributed by atoms with Gasteiger partial charge >= 0.3 is 0 Å². The number of aryl methyl sites for hydroxylation is 2. The van der Waals surface area contributed by atoms with Crippen LogP contribution in [0.15, 0.2) is 41.5 Å². The van der Waals surface area contributed by atoms with Gasteiger partial charge in [-0.3, -0.25) is 9.36 Å². The van der Waals surface area contributed by atoms with Crippen LogP contribution in [0, 0.1) is 13.8 Å². The first-order chi connectivity index (χ1) is 14.4. The predicted molar refractivity (Wildman–Crippen MR) is 123 cm³/mol. The second-order valence-electron chi connectivity index (χ2n) is 8.81. The quantitative estimate of drug-likeness (QED) is 0.646. The van der Waals surface area contributed by atoms with Crippen molar-refractivity contribution in [3.05, 3.63) is 63.0 Å². The third kappa shape index (κ3) is 4.36. The summed E-state index contributed by atoms with van der Waals surface area (Å²) in [5.41, 5.74) is 1.51. The highest BCUT2D eigenvalue weighted by Gasteiger charge is 2.33. The first kappa shape index (κ1) is 21.2. The summed E-state index contributed by atoms with van der Waals surface area (Å²) < 4.78 is 1.61. The fraction of sp³-hybridized carbons (Fsp3) is 0.500. The van der Waals surface area contributed by atoms with Crippen LogP contribution in [0.2, 0.25) is 0 Å². The molecule has 1 unspecified atom stereocenters. The smallest absolute Gasteiger partial charge is 0.262 e. The Morgan fingerprint density at radius 1 is 1.20 bits per heavy atom. The van der Waals surface area contributed by atoms with Gasteiger partial charge in [-0.05, 0) is 56.7 Å². The van der Waals surface area contributed by atoms with Crippen molar-refractivity contribution in [3.8, 4) is 0 Å². The minimum absolute atomic E-state index is 0.0330. The summed E-state index contributed by atoms with van der Waals surface area (Å²) in [4.78, 5) is 21.8. The molecule has 1 aromatic carbocycles. The number of rotatable bonds is 6. The number of benzene rings is 1. The van der Waals surface area contributed by atoms with Gasteiger partial charge in [-0.15, -0.1) is 11.3 Å². The summed E-state index contributed by atoms with van der Waals surface area (Å²) in [5.74, 6) is 0.528. The molecule has 1 saturated heterocycles. The Morgan fingerprint density at radius 3 is 2.60 bits per heavy atom. The van der Waals surface area contributed by atoms with Gasteiger partial charge in [0.1, 0.15) is 4.83 Å². The van der Waals surface area contributed by atoms with Crippen LogP contribution in [0.1, 0.15) is 48.1 Å². The summed E-state index contributed by atoms with van der Waals surface area (Å²) in [6.45, 7) is 9.35. The molecule has 1 N–H and O–H groups in total. The van der Waals surface area contributed by atoms with Gasteiger partial charge in [-0.25, -0.2) is 4.98 Å². The standard InChI is InChI=1S/C24H31N3O2S/c1-17(20-7-5-4-6-8-20)9-12-26-13-10-24(29,11-14-26)15-27-16-25-22-21(23(27)28)18(2)19(3)30-22/h4-8,16-17,29H,9-15H2,1-3H3. The van der Waals surface area contributed by atoms with Gasteiger partial charge in [0.05, 0.1) is 23.9 Å². The molecule has 4 rings (SSSR count). The van der Waals surface area contributed by atoms with E-state index in [-0.39, 0.29) is 5.56 Å². The molecule has 30 heavy (non-hydrogen) atoms. The normalized spacial score (nSPS) is 18.0. The van der Waals surface area contributed by atoms with E-state index in [9.17, 15) is 9.90 Å². The Labute approximate surface area is 182 Å². The molecule has 5 nitrogen and oxygen atoms in total. The van der Waals surface area contributed by atoms with Gasteiger partial charge in [-0.1, -0.05) is 37.3 Å². The highest BCUT2D eigenvalue weighted by atomic mass is 32.1. The Hall–Kier alpha value is -2.02. The number of nitrogens with zero attached hydrogens (tertiary/aromatic N) is 3. The molecule has 3 aromatic rings. The van der Waals surface area contributed by atoms with Crippen molar-refractivity contribution in [2.45, 2.75) is 58.1 Å². The highest BCUT2D eigenvalue weighted by Crippen LogP contribution is 2.28. The summed E-state index contributed by atoms with van der Waals surface area (Å²) in [6, 6.07) is 10.6. The van der Waals surface area contributed by atoms with Gasteiger partial charge in [0.25, 0.3) is 5.56 Å². The highest BCUT2D eigenvalue weighted by molar-refractivity contribution is 7.18. The zero-order valence-electron chi connectivity index (χ0n) is 18.1. The van der Waals surface area contributed by atoms with Crippen LogP contribution in [0.5, 0.6) is 0 Å². The molecule has 160 valence electrons. The topological polar surface area (TPSA) is 58.4 Å². The Balaban J connectivity index is 1.36. The maximum Gasteiger partial charge on any atom is 0.262 e. The van der Waals surface area contributed by atoms with Gasteiger partial charge in [0.2, 0.25) is 0 Å². The molecule has 0 bridgehead atoms. The lowest BCUT2D eigenvalue weighted by atomic mass is 9.90. The van der Waals surface area contributed by atoms with Crippen molar-refractivity contribution in [2.24, 2.45) is 0 Å². The summed E-state index contributed by atoms with van der Waals surface area (Å²) in [5, 5.41) is 11.9. The lowest BCUT2D eigenvalue weighted by Gasteiger charge is -2.38. The Morgan fingerprint density at radius 2 is 1.90 bits per heavy atom. The molecule has 1 aliphatic rings. The second kappa shape index (κ2) is 8.61. The van der Waals surface area contributed by atoms with Crippen molar-refractivity contribution in [1.29, 1.82) is 0 Å². The molecule has 1 atom stereocenters.